The van der Waals surface area contributed by atoms with Gasteiger partial charge in [-0.15, -0.1) is 0 Å². The highest BCUT2D eigenvalue weighted by atomic mass is 32.2. The third kappa shape index (κ3) is 4.90. The molecule has 1 aromatic rings. The number of carboxylic acids is 1. The molecule has 2 saturated heterocycles. The summed E-state index contributed by atoms with van der Waals surface area (Å²) < 4.78 is 20.1. The summed E-state index contributed by atoms with van der Waals surface area (Å²) in [6.45, 7) is 3.68. The lowest BCUT2D eigenvalue weighted by Crippen LogP contribution is -2.29. The van der Waals surface area contributed by atoms with Crippen molar-refractivity contribution in [1.29, 1.82) is 0 Å². The van der Waals surface area contributed by atoms with Gasteiger partial charge in [0.15, 0.2) is 0 Å². The van der Waals surface area contributed by atoms with E-state index in [0.29, 0.717) is 17.8 Å². The Morgan fingerprint density at radius 1 is 1.36 bits per heavy atom. The zero-order chi connectivity index (χ0) is 20.1. The van der Waals surface area contributed by atoms with Crippen molar-refractivity contribution in [3.8, 4) is 0 Å². The molecule has 1 N–H and O–H groups in total. The van der Waals surface area contributed by atoms with E-state index in [9.17, 15) is 19.1 Å². The number of aliphatic carboxylic acids is 1. The third-order valence-corrected chi connectivity index (χ3v) is 6.44. The number of amides is 1. The van der Waals surface area contributed by atoms with E-state index in [1.165, 1.54) is 11.0 Å². The van der Waals surface area contributed by atoms with Crippen molar-refractivity contribution in [1.82, 2.24) is 0 Å². The molecule has 6 nitrogen and oxygen atoms in total. The lowest BCUT2D eigenvalue weighted by molar-refractivity contribution is -0.142. The molecule has 1 aromatic carbocycles. The molecule has 0 aromatic heterocycles. The van der Waals surface area contributed by atoms with Crippen LogP contribution in [0.4, 0.5) is 20.6 Å². The number of benzene rings is 1. The average molecular weight is 411 g/mol. The topological polar surface area (TPSA) is 70.1 Å². The minimum absolute atomic E-state index is 0.238. The van der Waals surface area contributed by atoms with Gasteiger partial charge in [-0.05, 0) is 55.4 Å². The van der Waals surface area contributed by atoms with Gasteiger partial charge in [0, 0.05) is 13.1 Å². The van der Waals surface area contributed by atoms with E-state index in [-0.39, 0.29) is 18.8 Å². The maximum absolute atomic E-state index is 14.8. The van der Waals surface area contributed by atoms with E-state index in [2.05, 4.69) is 4.90 Å². The number of ether oxygens (including phenoxy) is 1. The molecule has 154 valence electrons. The number of hydrogen-bond acceptors (Lipinski definition) is 5. The molecule has 2 aliphatic rings. The third-order valence-electron chi connectivity index (χ3n) is 5.28. The molecule has 2 fully saturated rings. The number of rotatable bonds is 6. The highest BCUT2D eigenvalue weighted by molar-refractivity contribution is 7.99. The van der Waals surface area contributed by atoms with Crippen molar-refractivity contribution in [2.24, 2.45) is 5.92 Å². The number of halogens is 1. The maximum Gasteiger partial charge on any atom is 0.414 e. The fourth-order valence-corrected chi connectivity index (χ4v) is 4.57. The first kappa shape index (κ1) is 20.8. The van der Waals surface area contributed by atoms with E-state index < -0.39 is 24.1 Å². The van der Waals surface area contributed by atoms with E-state index in [4.69, 9.17) is 4.74 Å². The number of carboxylic acid groups (broad SMARTS) is 1. The summed E-state index contributed by atoms with van der Waals surface area (Å²) in [5.41, 5.74) is 1.01. The maximum atomic E-state index is 14.8. The van der Waals surface area contributed by atoms with Gasteiger partial charge in [0.05, 0.1) is 23.8 Å². The highest BCUT2D eigenvalue weighted by Crippen LogP contribution is 2.30. The first-order valence-electron chi connectivity index (χ1n) is 9.82. The molecule has 0 aliphatic carbocycles. The van der Waals surface area contributed by atoms with Crippen molar-refractivity contribution in [2.75, 3.05) is 40.9 Å². The number of carbonyl (C=O) groups is 2. The molecule has 0 radical (unpaired) electrons. The molecule has 2 unspecified atom stereocenters. The first-order valence-corrected chi connectivity index (χ1v) is 11.0. The predicted octanol–water partition coefficient (Wildman–Crippen LogP) is 3.99. The number of anilines is 2. The zero-order valence-electron chi connectivity index (χ0n) is 16.1. The predicted molar refractivity (Wildman–Crippen MR) is 109 cm³/mol. The molecular formula is C20H27FN2O4S. The number of hydrogen-bond donors (Lipinski definition) is 1. The molecule has 28 heavy (non-hydrogen) atoms. The SMILES string of the molecule is CCC(CC1CN(c2ccc(N3CCCSCCC3)c(F)c2)C(=O)O1)C(=O)O. The minimum atomic E-state index is -0.890. The van der Waals surface area contributed by atoms with Crippen molar-refractivity contribution < 1.29 is 23.8 Å². The number of cyclic esters (lactones) is 1. The van der Waals surface area contributed by atoms with Crippen LogP contribution in [0.5, 0.6) is 0 Å². The quantitative estimate of drug-likeness (QED) is 0.765. The van der Waals surface area contributed by atoms with E-state index in [1.54, 1.807) is 19.1 Å². The Kier molecular flexibility index (Phi) is 7.04. The Morgan fingerprint density at radius 3 is 2.68 bits per heavy atom. The van der Waals surface area contributed by atoms with E-state index in [0.717, 1.165) is 37.4 Å². The van der Waals surface area contributed by atoms with Crippen LogP contribution in [0.25, 0.3) is 0 Å². The van der Waals surface area contributed by atoms with Gasteiger partial charge in [0.25, 0.3) is 0 Å². The largest absolute Gasteiger partial charge is 0.481 e. The molecule has 0 spiro atoms. The standard InChI is InChI=1S/C20H27FN2O4S/c1-2-14(19(24)25)11-16-13-23(20(26)27-16)15-5-6-18(17(21)12-15)22-7-3-9-28-10-4-8-22/h5-6,12,14,16H,2-4,7-11,13H2,1H3,(H,24,25). The Bertz CT molecular complexity index is 709. The Morgan fingerprint density at radius 2 is 2.07 bits per heavy atom. The molecule has 8 heteroatoms. The fourth-order valence-electron chi connectivity index (χ4n) is 3.70. The molecule has 0 bridgehead atoms. The highest BCUT2D eigenvalue weighted by Gasteiger charge is 2.35. The van der Waals surface area contributed by atoms with Crippen LogP contribution in [0.3, 0.4) is 0 Å². The Labute approximate surface area is 169 Å². The van der Waals surface area contributed by atoms with Gasteiger partial charge in [0.2, 0.25) is 0 Å². The van der Waals surface area contributed by atoms with Gasteiger partial charge in [-0.1, -0.05) is 6.92 Å². The summed E-state index contributed by atoms with van der Waals surface area (Å²) in [5.74, 6) is 0.388. The molecule has 3 rings (SSSR count). The van der Waals surface area contributed by atoms with Crippen LogP contribution in [-0.2, 0) is 9.53 Å². The van der Waals surface area contributed by atoms with Crippen molar-refractivity contribution >= 4 is 35.2 Å². The van der Waals surface area contributed by atoms with Crippen molar-refractivity contribution in [3.05, 3.63) is 24.0 Å². The lowest BCUT2D eigenvalue weighted by Gasteiger charge is -2.27. The van der Waals surface area contributed by atoms with Crippen LogP contribution in [-0.4, -0.2) is 54.4 Å². The number of carbonyl (C=O) groups excluding carboxylic acids is 1. The zero-order valence-corrected chi connectivity index (χ0v) is 16.9. The fraction of sp³-hybridized carbons (Fsp3) is 0.600. The van der Waals surface area contributed by atoms with Crippen LogP contribution in [0, 0.1) is 11.7 Å². The normalized spacial score (nSPS) is 21.8. The van der Waals surface area contributed by atoms with E-state index >= 15 is 0 Å². The van der Waals surface area contributed by atoms with Crippen molar-refractivity contribution in [2.45, 2.75) is 38.7 Å². The van der Waals surface area contributed by atoms with Gasteiger partial charge in [0.1, 0.15) is 11.9 Å². The Balaban J connectivity index is 1.69. The summed E-state index contributed by atoms with van der Waals surface area (Å²) in [6, 6.07) is 4.84. The molecule has 2 aliphatic heterocycles. The number of thioether (sulfide) groups is 1. The molecule has 1 amide bonds. The summed E-state index contributed by atoms with van der Waals surface area (Å²) in [5, 5.41) is 9.20. The minimum Gasteiger partial charge on any atom is -0.481 e. The molecule has 2 heterocycles. The summed E-state index contributed by atoms with van der Waals surface area (Å²) in [6.07, 6.45) is 1.73. The monoisotopic (exact) mass is 410 g/mol. The average Bonchev–Trinajstić information content (AvgIpc) is 3.00. The smallest absolute Gasteiger partial charge is 0.414 e. The molecule has 2 atom stereocenters. The second-order valence-electron chi connectivity index (χ2n) is 7.24. The summed E-state index contributed by atoms with van der Waals surface area (Å²) in [4.78, 5) is 26.9. The van der Waals surface area contributed by atoms with Gasteiger partial charge < -0.3 is 14.7 Å². The second-order valence-corrected chi connectivity index (χ2v) is 8.46. The molecule has 0 saturated carbocycles. The van der Waals surface area contributed by atoms with Gasteiger partial charge in [-0.2, -0.15) is 11.8 Å². The number of nitrogens with zero attached hydrogens (tertiary/aromatic N) is 2. The lowest BCUT2D eigenvalue weighted by atomic mass is 9.99. The van der Waals surface area contributed by atoms with Crippen LogP contribution < -0.4 is 9.80 Å². The molecular weight excluding hydrogens is 383 g/mol. The van der Waals surface area contributed by atoms with Crippen LogP contribution in [0.1, 0.15) is 32.6 Å². The van der Waals surface area contributed by atoms with E-state index in [1.807, 2.05) is 11.8 Å². The van der Waals surface area contributed by atoms with Gasteiger partial charge >= 0.3 is 12.1 Å². The van der Waals surface area contributed by atoms with Crippen molar-refractivity contribution in [3.63, 3.8) is 0 Å². The summed E-state index contributed by atoms with van der Waals surface area (Å²) in [7, 11) is 0. The second kappa shape index (κ2) is 9.49. The summed E-state index contributed by atoms with van der Waals surface area (Å²) >= 11 is 1.94. The van der Waals surface area contributed by atoms with Gasteiger partial charge in [-0.3, -0.25) is 9.69 Å². The van der Waals surface area contributed by atoms with Crippen LogP contribution in [0.2, 0.25) is 0 Å². The Hall–Kier alpha value is -1.96. The van der Waals surface area contributed by atoms with Crippen LogP contribution in [0.15, 0.2) is 18.2 Å². The van der Waals surface area contributed by atoms with Crippen LogP contribution >= 0.6 is 11.8 Å². The first-order chi connectivity index (χ1) is 13.5. The van der Waals surface area contributed by atoms with Gasteiger partial charge in [-0.25, -0.2) is 9.18 Å².